The van der Waals surface area contributed by atoms with Gasteiger partial charge in [0.2, 0.25) is 0 Å². The Bertz CT molecular complexity index is 565. The van der Waals surface area contributed by atoms with Crippen LogP contribution in [0.3, 0.4) is 0 Å². The van der Waals surface area contributed by atoms with E-state index in [1.807, 2.05) is 0 Å². The maximum Gasteiger partial charge on any atom is 0.328 e. The van der Waals surface area contributed by atoms with Gasteiger partial charge in [0, 0.05) is 31.4 Å². The molecule has 0 aromatic carbocycles. The van der Waals surface area contributed by atoms with Gasteiger partial charge in [0.1, 0.15) is 0 Å². The van der Waals surface area contributed by atoms with E-state index in [1.165, 1.54) is 10.8 Å². The van der Waals surface area contributed by atoms with Crippen molar-refractivity contribution in [1.29, 1.82) is 0 Å². The zero-order chi connectivity index (χ0) is 10.8. The number of H-pyrrole nitrogens is 2. The molecule has 0 aliphatic carbocycles. The Morgan fingerprint density at radius 2 is 2.27 bits per heavy atom. The molecule has 0 aliphatic rings. The van der Waals surface area contributed by atoms with E-state index in [4.69, 9.17) is 0 Å². The summed E-state index contributed by atoms with van der Waals surface area (Å²) in [5, 5.41) is 9.84. The fourth-order valence-electron chi connectivity index (χ4n) is 1.25. The van der Waals surface area contributed by atoms with Crippen molar-refractivity contribution in [2.45, 2.75) is 6.42 Å². The van der Waals surface area contributed by atoms with Crippen LogP contribution in [-0.4, -0.2) is 25.0 Å². The molecule has 78 valence electrons. The predicted octanol–water partition coefficient (Wildman–Crippen LogP) is -1.22. The second-order valence-electron chi connectivity index (χ2n) is 3.17. The van der Waals surface area contributed by atoms with Crippen LogP contribution in [0.4, 0.5) is 0 Å². The molecule has 2 rings (SSSR count). The third-order valence-corrected chi connectivity index (χ3v) is 2.02. The van der Waals surface area contributed by atoms with E-state index in [-0.39, 0.29) is 5.56 Å². The van der Waals surface area contributed by atoms with Gasteiger partial charge in [0.05, 0.1) is 5.69 Å². The lowest BCUT2D eigenvalue weighted by atomic mass is 10.2. The van der Waals surface area contributed by atoms with Crippen molar-refractivity contribution in [2.24, 2.45) is 7.05 Å². The average Bonchev–Trinajstić information content (AvgIpc) is 2.67. The molecule has 0 spiro atoms. The molecule has 0 fully saturated rings. The molecule has 7 nitrogen and oxygen atoms in total. The zero-order valence-corrected chi connectivity index (χ0v) is 8.02. The van der Waals surface area contributed by atoms with Gasteiger partial charge in [0.15, 0.2) is 0 Å². The number of rotatable bonds is 2. The molecule has 2 N–H and O–H groups in total. The smallest absolute Gasteiger partial charge is 0.303 e. The summed E-state index contributed by atoms with van der Waals surface area (Å²) >= 11 is 0. The molecule has 0 bridgehead atoms. The van der Waals surface area contributed by atoms with Crippen molar-refractivity contribution in [1.82, 2.24) is 25.0 Å². The number of hydrogen-bond acceptors (Lipinski definition) is 4. The van der Waals surface area contributed by atoms with Crippen molar-refractivity contribution in [3.63, 3.8) is 0 Å². The lowest BCUT2D eigenvalue weighted by Crippen LogP contribution is -2.30. The molecule has 0 saturated carbocycles. The number of hydrogen-bond donors (Lipinski definition) is 2. The van der Waals surface area contributed by atoms with E-state index in [2.05, 4.69) is 20.4 Å². The van der Waals surface area contributed by atoms with Gasteiger partial charge in [-0.25, -0.2) is 4.79 Å². The zero-order valence-electron chi connectivity index (χ0n) is 8.02. The summed E-state index contributed by atoms with van der Waals surface area (Å²) in [5.41, 5.74) is 0.315. The van der Waals surface area contributed by atoms with Crippen molar-refractivity contribution in [3.8, 4) is 0 Å². The van der Waals surface area contributed by atoms with E-state index in [1.54, 1.807) is 13.2 Å². The first-order chi connectivity index (χ1) is 7.16. The maximum absolute atomic E-state index is 11.4. The fraction of sp³-hybridized carbons (Fsp3) is 0.250. The standard InChI is InChI=1S/C8H9N5O2/c1-13-4-5(7(14)10-8(13)15)2-6-3-9-12-11-6/h3-4H,2H2,1H3,(H,9,11,12)(H,10,14,15). The van der Waals surface area contributed by atoms with E-state index in [9.17, 15) is 9.59 Å². The quantitative estimate of drug-likeness (QED) is 0.645. The van der Waals surface area contributed by atoms with E-state index in [0.717, 1.165) is 0 Å². The van der Waals surface area contributed by atoms with Crippen LogP contribution in [0.25, 0.3) is 0 Å². The molecule has 2 heterocycles. The average molecular weight is 207 g/mol. The molecular weight excluding hydrogens is 198 g/mol. The molecule has 2 aromatic heterocycles. The summed E-state index contributed by atoms with van der Waals surface area (Å²) in [6.07, 6.45) is 3.44. The minimum Gasteiger partial charge on any atom is -0.303 e. The summed E-state index contributed by atoms with van der Waals surface area (Å²) in [6, 6.07) is 0. The molecule has 0 radical (unpaired) electrons. The van der Waals surface area contributed by atoms with Gasteiger partial charge in [-0.2, -0.15) is 0 Å². The first kappa shape index (κ1) is 9.38. The summed E-state index contributed by atoms with van der Waals surface area (Å²) in [4.78, 5) is 24.7. The molecule has 0 unspecified atom stereocenters. The number of nitrogens with one attached hydrogen (secondary N) is 2. The number of nitrogens with zero attached hydrogens (tertiary/aromatic N) is 3. The number of aromatic nitrogens is 5. The Hall–Kier alpha value is -2.18. The van der Waals surface area contributed by atoms with Crippen LogP contribution >= 0.6 is 0 Å². The molecule has 7 heteroatoms. The molecular formula is C8H9N5O2. The van der Waals surface area contributed by atoms with Crippen LogP contribution < -0.4 is 11.2 Å². The van der Waals surface area contributed by atoms with Gasteiger partial charge >= 0.3 is 5.69 Å². The third-order valence-electron chi connectivity index (χ3n) is 2.02. The molecule has 0 amide bonds. The van der Waals surface area contributed by atoms with Crippen molar-refractivity contribution < 1.29 is 0 Å². The summed E-state index contributed by atoms with van der Waals surface area (Å²) in [6.45, 7) is 0. The van der Waals surface area contributed by atoms with Crippen molar-refractivity contribution in [2.75, 3.05) is 0 Å². The molecule has 0 aliphatic heterocycles. The minimum absolute atomic E-state index is 0.347. The second-order valence-corrected chi connectivity index (χ2v) is 3.17. The normalized spacial score (nSPS) is 10.5. The Kier molecular flexibility index (Phi) is 2.20. The van der Waals surface area contributed by atoms with Crippen LogP contribution in [0.1, 0.15) is 11.3 Å². The molecule has 0 saturated heterocycles. The van der Waals surface area contributed by atoms with E-state index >= 15 is 0 Å². The summed E-state index contributed by atoms with van der Waals surface area (Å²) in [5.74, 6) is 0. The van der Waals surface area contributed by atoms with Gasteiger partial charge in [-0.1, -0.05) is 5.21 Å². The second kappa shape index (κ2) is 3.52. The van der Waals surface area contributed by atoms with Crippen LogP contribution in [0, 0.1) is 0 Å². The highest BCUT2D eigenvalue weighted by Gasteiger charge is 2.05. The van der Waals surface area contributed by atoms with E-state index < -0.39 is 5.69 Å². The SMILES string of the molecule is Cn1cc(Cc2c[nH]nn2)c(=O)[nH]c1=O. The monoisotopic (exact) mass is 207 g/mol. The van der Waals surface area contributed by atoms with Crippen molar-refractivity contribution in [3.05, 3.63) is 44.5 Å². The van der Waals surface area contributed by atoms with Gasteiger partial charge in [0.25, 0.3) is 5.56 Å². The highest BCUT2D eigenvalue weighted by Crippen LogP contribution is 1.97. The van der Waals surface area contributed by atoms with Crippen molar-refractivity contribution >= 4 is 0 Å². The molecule has 15 heavy (non-hydrogen) atoms. The Labute approximate surface area is 83.8 Å². The fourth-order valence-corrected chi connectivity index (χ4v) is 1.25. The topological polar surface area (TPSA) is 96.4 Å². The highest BCUT2D eigenvalue weighted by atomic mass is 16.2. The third kappa shape index (κ3) is 1.85. The van der Waals surface area contributed by atoms with Crippen LogP contribution in [-0.2, 0) is 13.5 Å². The Morgan fingerprint density at radius 3 is 2.93 bits per heavy atom. The largest absolute Gasteiger partial charge is 0.328 e. The number of aromatic amines is 2. The highest BCUT2D eigenvalue weighted by molar-refractivity contribution is 5.12. The minimum atomic E-state index is -0.427. The van der Waals surface area contributed by atoms with Gasteiger partial charge in [-0.05, 0) is 0 Å². The molecule has 0 atom stereocenters. The lowest BCUT2D eigenvalue weighted by molar-refractivity contribution is 0.778. The van der Waals surface area contributed by atoms with E-state index in [0.29, 0.717) is 17.7 Å². The predicted molar refractivity (Wildman–Crippen MR) is 51.5 cm³/mol. The summed E-state index contributed by atoms with van der Waals surface area (Å²) in [7, 11) is 1.57. The Balaban J connectivity index is 2.42. The van der Waals surface area contributed by atoms with Crippen LogP contribution in [0.2, 0.25) is 0 Å². The Morgan fingerprint density at radius 1 is 1.47 bits per heavy atom. The van der Waals surface area contributed by atoms with Crippen LogP contribution in [0.15, 0.2) is 22.0 Å². The van der Waals surface area contributed by atoms with Gasteiger partial charge in [-0.15, -0.1) is 5.10 Å². The van der Waals surface area contributed by atoms with Crippen LogP contribution in [0.5, 0.6) is 0 Å². The first-order valence-corrected chi connectivity index (χ1v) is 4.31. The van der Waals surface area contributed by atoms with Gasteiger partial charge in [-0.3, -0.25) is 14.9 Å². The molecule has 2 aromatic rings. The van der Waals surface area contributed by atoms with Gasteiger partial charge < -0.3 is 4.57 Å². The first-order valence-electron chi connectivity index (χ1n) is 4.31. The lowest BCUT2D eigenvalue weighted by Gasteiger charge is -1.99. The summed E-state index contributed by atoms with van der Waals surface area (Å²) < 4.78 is 1.32. The maximum atomic E-state index is 11.4. The number of aryl methyl sites for hydroxylation is 1.